The molecule has 3 heteroatoms. The van der Waals surface area contributed by atoms with Gasteiger partial charge in [-0.1, -0.05) is 30.7 Å². The lowest BCUT2D eigenvalue weighted by molar-refractivity contribution is 0.419. The molecule has 1 heterocycles. The number of nitrogens with one attached hydrogen (secondary N) is 1. The van der Waals surface area contributed by atoms with Crippen LogP contribution >= 0.6 is 0 Å². The normalized spacial score (nSPS) is 16.7. The van der Waals surface area contributed by atoms with Crippen LogP contribution in [0.1, 0.15) is 47.9 Å². The van der Waals surface area contributed by atoms with E-state index in [0.29, 0.717) is 5.92 Å². The van der Waals surface area contributed by atoms with Crippen molar-refractivity contribution in [3.63, 3.8) is 0 Å². The lowest BCUT2D eigenvalue weighted by Gasteiger charge is -2.27. The van der Waals surface area contributed by atoms with Crippen molar-refractivity contribution in [2.24, 2.45) is 0 Å². The molecule has 2 nitrogen and oxygen atoms in total. The summed E-state index contributed by atoms with van der Waals surface area (Å²) in [5.74, 6) is 0.413. The van der Waals surface area contributed by atoms with Crippen LogP contribution in [0.5, 0.6) is 0 Å². The number of rotatable bonds is 4. The van der Waals surface area contributed by atoms with Crippen molar-refractivity contribution in [1.82, 2.24) is 10.3 Å². The summed E-state index contributed by atoms with van der Waals surface area (Å²) in [4.78, 5) is 3.95. The lowest BCUT2D eigenvalue weighted by Crippen LogP contribution is -2.19. The Hall–Kier alpha value is -1.74. The molecule has 2 aromatic rings. The van der Waals surface area contributed by atoms with Gasteiger partial charge >= 0.3 is 0 Å². The fraction of sp³-hybridized carbons (Fsp3) is 0.353. The van der Waals surface area contributed by atoms with Gasteiger partial charge in [-0.3, -0.25) is 4.98 Å². The van der Waals surface area contributed by atoms with Crippen LogP contribution in [0.15, 0.2) is 42.7 Å². The molecule has 1 aliphatic rings. The summed E-state index contributed by atoms with van der Waals surface area (Å²) in [6.45, 7) is 0. The predicted octanol–water partition coefficient (Wildman–Crippen LogP) is 3.80. The largest absolute Gasteiger partial charge is 0.309 e. The van der Waals surface area contributed by atoms with Crippen molar-refractivity contribution in [1.29, 1.82) is 0 Å². The van der Waals surface area contributed by atoms with E-state index in [0.717, 1.165) is 5.56 Å². The minimum atomic E-state index is -0.294. The summed E-state index contributed by atoms with van der Waals surface area (Å²) >= 11 is 0. The van der Waals surface area contributed by atoms with Gasteiger partial charge in [-0.15, -0.1) is 0 Å². The molecular formula is C17H19FN2. The predicted molar refractivity (Wildman–Crippen MR) is 78.1 cm³/mol. The monoisotopic (exact) mass is 270 g/mol. The van der Waals surface area contributed by atoms with Gasteiger partial charge < -0.3 is 5.32 Å². The number of hydrogen-bond donors (Lipinski definition) is 1. The van der Waals surface area contributed by atoms with Crippen molar-refractivity contribution in [3.8, 4) is 0 Å². The third kappa shape index (κ3) is 2.59. The van der Waals surface area contributed by atoms with Gasteiger partial charge in [0.05, 0.1) is 12.2 Å². The Bertz CT molecular complexity index is 593. The molecule has 1 saturated carbocycles. The number of hydrogen-bond acceptors (Lipinski definition) is 2. The summed E-state index contributed by atoms with van der Waals surface area (Å²) in [5.41, 5.74) is 3.43. The molecule has 1 atom stereocenters. The fourth-order valence-electron chi connectivity index (χ4n) is 2.85. The van der Waals surface area contributed by atoms with E-state index in [1.165, 1.54) is 36.6 Å². The first-order valence-corrected chi connectivity index (χ1v) is 7.15. The summed E-state index contributed by atoms with van der Waals surface area (Å²) in [6, 6.07) is 10.2. The van der Waals surface area contributed by atoms with Crippen molar-refractivity contribution in [2.75, 3.05) is 7.05 Å². The first-order chi connectivity index (χ1) is 9.78. The summed E-state index contributed by atoms with van der Waals surface area (Å²) < 4.78 is 13.4. The smallest absolute Gasteiger partial charge is 0.141 e. The molecule has 0 spiro atoms. The highest BCUT2D eigenvalue weighted by molar-refractivity contribution is 5.35. The van der Waals surface area contributed by atoms with E-state index >= 15 is 0 Å². The van der Waals surface area contributed by atoms with Gasteiger partial charge in [-0.2, -0.15) is 0 Å². The van der Waals surface area contributed by atoms with Gasteiger partial charge in [-0.05, 0) is 48.6 Å². The minimum Gasteiger partial charge on any atom is -0.309 e. The molecule has 1 aromatic carbocycles. The van der Waals surface area contributed by atoms with Crippen LogP contribution in [-0.4, -0.2) is 12.0 Å². The van der Waals surface area contributed by atoms with Gasteiger partial charge in [0.2, 0.25) is 0 Å². The van der Waals surface area contributed by atoms with Crippen LogP contribution in [0, 0.1) is 5.82 Å². The average molecular weight is 270 g/mol. The van der Waals surface area contributed by atoms with Crippen LogP contribution in [0.4, 0.5) is 4.39 Å². The van der Waals surface area contributed by atoms with Gasteiger partial charge in [0.15, 0.2) is 0 Å². The molecule has 1 aromatic heterocycles. The highest BCUT2D eigenvalue weighted by atomic mass is 19.1. The second-order valence-electron chi connectivity index (χ2n) is 5.46. The zero-order valence-corrected chi connectivity index (χ0v) is 11.6. The zero-order valence-electron chi connectivity index (χ0n) is 11.6. The van der Waals surface area contributed by atoms with Crippen molar-refractivity contribution in [3.05, 3.63) is 65.2 Å². The second kappa shape index (κ2) is 5.71. The Kier molecular flexibility index (Phi) is 3.79. The average Bonchev–Trinajstić information content (AvgIpc) is 2.38. The number of benzene rings is 1. The van der Waals surface area contributed by atoms with Gasteiger partial charge in [-0.25, -0.2) is 4.39 Å². The highest BCUT2D eigenvalue weighted by Crippen LogP contribution is 2.37. The maximum atomic E-state index is 13.4. The van der Waals surface area contributed by atoms with Gasteiger partial charge in [0.1, 0.15) is 5.82 Å². The van der Waals surface area contributed by atoms with Gasteiger partial charge in [0, 0.05) is 6.20 Å². The lowest BCUT2D eigenvalue weighted by atomic mass is 9.79. The van der Waals surface area contributed by atoms with E-state index < -0.39 is 0 Å². The molecule has 1 N–H and O–H groups in total. The third-order valence-corrected chi connectivity index (χ3v) is 4.17. The minimum absolute atomic E-state index is 0.0155. The molecule has 104 valence electrons. The maximum Gasteiger partial charge on any atom is 0.141 e. The third-order valence-electron chi connectivity index (χ3n) is 4.17. The van der Waals surface area contributed by atoms with E-state index in [-0.39, 0.29) is 11.9 Å². The molecule has 0 radical (unpaired) electrons. The Morgan fingerprint density at radius 1 is 1.20 bits per heavy atom. The summed E-state index contributed by atoms with van der Waals surface area (Å²) in [5, 5.41) is 3.26. The first-order valence-electron chi connectivity index (χ1n) is 7.15. The van der Waals surface area contributed by atoms with Crippen LogP contribution in [0.25, 0.3) is 0 Å². The molecule has 0 saturated heterocycles. The molecular weight excluding hydrogens is 251 g/mol. The maximum absolute atomic E-state index is 13.4. The molecule has 1 unspecified atom stereocenters. The molecule has 20 heavy (non-hydrogen) atoms. The number of pyridine rings is 1. The molecule has 1 aliphatic carbocycles. The Morgan fingerprint density at radius 2 is 2.05 bits per heavy atom. The summed E-state index contributed by atoms with van der Waals surface area (Å²) in [7, 11) is 1.89. The van der Waals surface area contributed by atoms with Crippen LogP contribution < -0.4 is 5.32 Å². The SMILES string of the molecule is CNC(c1cncc(F)c1)c1cccc(C2CCC2)c1. The zero-order chi connectivity index (χ0) is 13.9. The number of nitrogens with zero attached hydrogens (tertiary/aromatic N) is 1. The fourth-order valence-corrected chi connectivity index (χ4v) is 2.85. The van der Waals surface area contributed by atoms with E-state index in [9.17, 15) is 4.39 Å². The van der Waals surface area contributed by atoms with Crippen LogP contribution in [0.3, 0.4) is 0 Å². The molecule has 0 aliphatic heterocycles. The van der Waals surface area contributed by atoms with Gasteiger partial charge in [0.25, 0.3) is 0 Å². The number of aromatic nitrogens is 1. The molecule has 1 fully saturated rings. The Labute approximate surface area is 119 Å². The van der Waals surface area contributed by atoms with E-state index in [4.69, 9.17) is 0 Å². The van der Waals surface area contributed by atoms with E-state index in [2.05, 4.69) is 34.6 Å². The number of halogens is 1. The molecule has 0 amide bonds. The summed E-state index contributed by atoms with van der Waals surface area (Å²) in [6.07, 6.45) is 6.86. The standard InChI is InChI=1S/C17H19FN2/c1-19-17(15-9-16(18)11-20-10-15)14-7-3-6-13(8-14)12-4-2-5-12/h3,6-12,17,19H,2,4-5H2,1H3. The van der Waals surface area contributed by atoms with Crippen molar-refractivity contribution < 1.29 is 4.39 Å². The quantitative estimate of drug-likeness (QED) is 0.914. The van der Waals surface area contributed by atoms with E-state index in [1.54, 1.807) is 12.3 Å². The van der Waals surface area contributed by atoms with Crippen LogP contribution in [0.2, 0.25) is 0 Å². The molecule has 0 bridgehead atoms. The first kappa shape index (κ1) is 13.3. The molecule has 3 rings (SSSR count). The van der Waals surface area contributed by atoms with E-state index in [1.807, 2.05) is 7.05 Å². The second-order valence-corrected chi connectivity index (χ2v) is 5.46. The van der Waals surface area contributed by atoms with Crippen LogP contribution in [-0.2, 0) is 0 Å². The van der Waals surface area contributed by atoms with Crippen molar-refractivity contribution in [2.45, 2.75) is 31.2 Å². The Balaban J connectivity index is 1.92. The Morgan fingerprint density at radius 3 is 2.70 bits per heavy atom. The van der Waals surface area contributed by atoms with Crippen molar-refractivity contribution >= 4 is 0 Å². The highest BCUT2D eigenvalue weighted by Gasteiger charge is 2.21. The topological polar surface area (TPSA) is 24.9 Å².